The van der Waals surface area contributed by atoms with Crippen molar-refractivity contribution in [1.82, 2.24) is 30.0 Å². The van der Waals surface area contributed by atoms with E-state index in [1.165, 1.54) is 6.20 Å². The molecule has 0 saturated heterocycles. The SMILES string of the molecule is CCn1cnnc1CCNC(=O)c1cnc(C(C)(C)C)[nH]c1=O. The predicted octanol–water partition coefficient (Wildman–Crippen LogP) is 0.651. The van der Waals surface area contributed by atoms with Crippen LogP contribution in [-0.2, 0) is 18.4 Å². The van der Waals surface area contributed by atoms with Crippen molar-refractivity contribution in [3.63, 3.8) is 0 Å². The molecule has 8 heteroatoms. The summed E-state index contributed by atoms with van der Waals surface area (Å²) >= 11 is 0. The normalized spacial score (nSPS) is 11.5. The van der Waals surface area contributed by atoms with Crippen LogP contribution in [0.15, 0.2) is 17.3 Å². The lowest BCUT2D eigenvalue weighted by Gasteiger charge is -2.16. The molecule has 2 heterocycles. The Morgan fingerprint density at radius 1 is 1.39 bits per heavy atom. The fraction of sp³-hybridized carbons (Fsp3) is 0.533. The minimum atomic E-state index is -0.443. The number of carbonyl (C=O) groups excluding carboxylic acids is 1. The average molecular weight is 318 g/mol. The highest BCUT2D eigenvalue weighted by Crippen LogP contribution is 2.15. The molecule has 2 aromatic rings. The van der Waals surface area contributed by atoms with E-state index in [4.69, 9.17) is 0 Å². The molecule has 0 aromatic carbocycles. The topological polar surface area (TPSA) is 106 Å². The molecule has 0 bridgehead atoms. The zero-order valence-electron chi connectivity index (χ0n) is 13.9. The smallest absolute Gasteiger partial charge is 0.263 e. The van der Waals surface area contributed by atoms with Crippen LogP contribution >= 0.6 is 0 Å². The fourth-order valence-corrected chi connectivity index (χ4v) is 2.06. The highest BCUT2D eigenvalue weighted by molar-refractivity contribution is 5.93. The summed E-state index contributed by atoms with van der Waals surface area (Å²) in [4.78, 5) is 31.0. The van der Waals surface area contributed by atoms with Gasteiger partial charge in [-0.1, -0.05) is 20.8 Å². The summed E-state index contributed by atoms with van der Waals surface area (Å²) in [6.45, 7) is 8.96. The van der Waals surface area contributed by atoms with Gasteiger partial charge in [0.1, 0.15) is 23.5 Å². The van der Waals surface area contributed by atoms with Gasteiger partial charge in [0.15, 0.2) is 0 Å². The van der Waals surface area contributed by atoms with Crippen LogP contribution < -0.4 is 10.9 Å². The maximum absolute atomic E-state index is 12.1. The summed E-state index contributed by atoms with van der Waals surface area (Å²) in [5.74, 6) is 0.903. The van der Waals surface area contributed by atoms with Crippen molar-refractivity contribution >= 4 is 5.91 Å². The number of nitrogens with one attached hydrogen (secondary N) is 2. The van der Waals surface area contributed by atoms with E-state index in [1.54, 1.807) is 6.33 Å². The quantitative estimate of drug-likeness (QED) is 0.842. The molecule has 8 nitrogen and oxygen atoms in total. The Hall–Kier alpha value is -2.51. The molecule has 23 heavy (non-hydrogen) atoms. The number of hydrogen-bond acceptors (Lipinski definition) is 5. The predicted molar refractivity (Wildman–Crippen MR) is 85.3 cm³/mol. The summed E-state index contributed by atoms with van der Waals surface area (Å²) < 4.78 is 1.90. The van der Waals surface area contributed by atoms with Crippen molar-refractivity contribution in [2.75, 3.05) is 6.54 Å². The Balaban J connectivity index is 2.00. The van der Waals surface area contributed by atoms with E-state index in [-0.39, 0.29) is 11.0 Å². The summed E-state index contributed by atoms with van der Waals surface area (Å²) in [6, 6.07) is 0. The molecule has 0 aliphatic rings. The maximum Gasteiger partial charge on any atom is 0.263 e. The number of aromatic amines is 1. The second-order valence-corrected chi connectivity index (χ2v) is 6.26. The molecule has 0 aliphatic heterocycles. The van der Waals surface area contributed by atoms with Crippen LogP contribution in [0.3, 0.4) is 0 Å². The molecule has 2 N–H and O–H groups in total. The molecule has 2 rings (SSSR count). The molecule has 0 saturated carbocycles. The highest BCUT2D eigenvalue weighted by Gasteiger charge is 2.19. The molecular formula is C15H22N6O2. The molecule has 0 atom stereocenters. The Labute approximate surface area is 134 Å². The first-order valence-electron chi connectivity index (χ1n) is 7.57. The number of amides is 1. The van der Waals surface area contributed by atoms with E-state index in [0.29, 0.717) is 18.8 Å². The third-order valence-electron chi connectivity index (χ3n) is 3.42. The first-order chi connectivity index (χ1) is 10.8. The summed E-state index contributed by atoms with van der Waals surface area (Å²) in [5, 5.41) is 10.5. The number of aryl methyl sites for hydroxylation is 1. The molecule has 0 unspecified atom stereocenters. The second kappa shape index (κ2) is 6.72. The van der Waals surface area contributed by atoms with Gasteiger partial charge in [0.2, 0.25) is 0 Å². The molecule has 0 radical (unpaired) electrons. The van der Waals surface area contributed by atoms with E-state index in [9.17, 15) is 9.59 Å². The van der Waals surface area contributed by atoms with Crippen LogP contribution in [-0.4, -0.2) is 37.2 Å². The minimum Gasteiger partial charge on any atom is -0.351 e. The van der Waals surface area contributed by atoms with Crippen LogP contribution in [0.5, 0.6) is 0 Å². The van der Waals surface area contributed by atoms with Gasteiger partial charge in [-0.25, -0.2) is 4.98 Å². The lowest BCUT2D eigenvalue weighted by molar-refractivity contribution is 0.0951. The highest BCUT2D eigenvalue weighted by atomic mass is 16.2. The standard InChI is InChI=1S/C15H22N6O2/c1-5-21-9-18-20-11(21)6-7-16-12(22)10-8-17-14(15(2,3)4)19-13(10)23/h8-9H,5-7H2,1-4H3,(H,16,22)(H,17,19,23). The summed E-state index contributed by atoms with van der Waals surface area (Å²) in [7, 11) is 0. The van der Waals surface area contributed by atoms with Gasteiger partial charge in [0.05, 0.1) is 0 Å². The van der Waals surface area contributed by atoms with Gasteiger partial charge in [-0.15, -0.1) is 10.2 Å². The van der Waals surface area contributed by atoms with E-state index in [1.807, 2.05) is 32.3 Å². The molecule has 124 valence electrons. The zero-order valence-corrected chi connectivity index (χ0v) is 13.9. The summed E-state index contributed by atoms with van der Waals surface area (Å²) in [6.07, 6.45) is 3.52. The molecular weight excluding hydrogens is 296 g/mol. The molecule has 0 aliphatic carbocycles. The van der Waals surface area contributed by atoms with Gasteiger partial charge in [-0.2, -0.15) is 0 Å². The minimum absolute atomic E-state index is 0.00922. The molecule has 2 aromatic heterocycles. The summed E-state index contributed by atoms with van der Waals surface area (Å²) in [5.41, 5.74) is -0.701. The van der Waals surface area contributed by atoms with Crippen LogP contribution in [0, 0.1) is 0 Å². The van der Waals surface area contributed by atoms with Crippen molar-refractivity contribution in [2.45, 2.75) is 46.1 Å². The van der Waals surface area contributed by atoms with Gasteiger partial charge < -0.3 is 14.9 Å². The van der Waals surface area contributed by atoms with Gasteiger partial charge in [0.25, 0.3) is 11.5 Å². The monoisotopic (exact) mass is 318 g/mol. The van der Waals surface area contributed by atoms with Gasteiger partial charge in [0, 0.05) is 31.1 Å². The van der Waals surface area contributed by atoms with E-state index < -0.39 is 11.5 Å². The maximum atomic E-state index is 12.1. The molecule has 0 spiro atoms. The number of carbonyl (C=O) groups is 1. The first kappa shape index (κ1) is 16.9. The second-order valence-electron chi connectivity index (χ2n) is 6.26. The van der Waals surface area contributed by atoms with Crippen molar-refractivity contribution in [1.29, 1.82) is 0 Å². The van der Waals surface area contributed by atoms with Crippen molar-refractivity contribution in [3.8, 4) is 0 Å². The Morgan fingerprint density at radius 3 is 2.74 bits per heavy atom. The third-order valence-corrected chi connectivity index (χ3v) is 3.42. The fourth-order valence-electron chi connectivity index (χ4n) is 2.06. The van der Waals surface area contributed by atoms with E-state index in [0.717, 1.165) is 12.4 Å². The first-order valence-corrected chi connectivity index (χ1v) is 7.57. The largest absolute Gasteiger partial charge is 0.351 e. The molecule has 0 fully saturated rings. The van der Waals surface area contributed by atoms with Crippen LogP contribution in [0.2, 0.25) is 0 Å². The zero-order chi connectivity index (χ0) is 17.0. The number of nitrogens with zero attached hydrogens (tertiary/aromatic N) is 4. The van der Waals surface area contributed by atoms with Crippen LogP contribution in [0.1, 0.15) is 49.7 Å². The number of aromatic nitrogens is 5. The van der Waals surface area contributed by atoms with Gasteiger partial charge >= 0.3 is 0 Å². The number of H-pyrrole nitrogens is 1. The van der Waals surface area contributed by atoms with Gasteiger partial charge in [-0.3, -0.25) is 9.59 Å². The van der Waals surface area contributed by atoms with E-state index in [2.05, 4.69) is 25.5 Å². The lowest BCUT2D eigenvalue weighted by atomic mass is 9.96. The number of hydrogen-bond donors (Lipinski definition) is 2. The third kappa shape index (κ3) is 4.02. The lowest BCUT2D eigenvalue weighted by Crippen LogP contribution is -2.33. The number of rotatable bonds is 5. The van der Waals surface area contributed by atoms with Crippen molar-refractivity contribution < 1.29 is 4.79 Å². The van der Waals surface area contributed by atoms with Crippen LogP contribution in [0.25, 0.3) is 0 Å². The van der Waals surface area contributed by atoms with Gasteiger partial charge in [-0.05, 0) is 6.92 Å². The Morgan fingerprint density at radius 2 is 2.13 bits per heavy atom. The van der Waals surface area contributed by atoms with Crippen molar-refractivity contribution in [2.24, 2.45) is 0 Å². The van der Waals surface area contributed by atoms with Crippen LogP contribution in [0.4, 0.5) is 0 Å². The van der Waals surface area contributed by atoms with Crippen molar-refractivity contribution in [3.05, 3.63) is 40.1 Å². The Kier molecular flexibility index (Phi) is 4.92. The van der Waals surface area contributed by atoms with E-state index >= 15 is 0 Å². The average Bonchev–Trinajstić information content (AvgIpc) is 2.93. The Bertz CT molecular complexity index is 741. The molecule has 1 amide bonds.